The molecule has 0 fully saturated rings. The Kier molecular flexibility index (Phi) is 4.56. The standard InChI is InChI=1S/C14H19ClN4/c1-4-17-13(14-7-10(2)18-19(14)3)8-11-5-6-16-9-12(11)15/h5-7,9,13,17H,4,8H2,1-3H3. The highest BCUT2D eigenvalue weighted by Crippen LogP contribution is 2.23. The summed E-state index contributed by atoms with van der Waals surface area (Å²) >= 11 is 6.19. The van der Waals surface area contributed by atoms with E-state index < -0.39 is 0 Å². The average molecular weight is 279 g/mol. The SMILES string of the molecule is CCNC(Cc1ccncc1Cl)c1cc(C)nn1C. The Morgan fingerprint density at radius 2 is 2.26 bits per heavy atom. The summed E-state index contributed by atoms with van der Waals surface area (Å²) in [7, 11) is 1.97. The predicted molar refractivity (Wildman–Crippen MR) is 77.3 cm³/mol. The number of nitrogens with one attached hydrogen (secondary N) is 1. The van der Waals surface area contributed by atoms with Gasteiger partial charge in [0, 0.05) is 19.4 Å². The number of nitrogens with zero attached hydrogens (tertiary/aromatic N) is 3. The molecule has 0 saturated heterocycles. The van der Waals surface area contributed by atoms with E-state index in [2.05, 4.69) is 28.4 Å². The summed E-state index contributed by atoms with van der Waals surface area (Å²) in [5.74, 6) is 0. The van der Waals surface area contributed by atoms with Crippen LogP contribution in [0.15, 0.2) is 24.5 Å². The van der Waals surface area contributed by atoms with Crippen molar-refractivity contribution >= 4 is 11.6 Å². The summed E-state index contributed by atoms with van der Waals surface area (Å²) in [4.78, 5) is 4.02. The van der Waals surface area contributed by atoms with Crippen LogP contribution in [0, 0.1) is 6.92 Å². The van der Waals surface area contributed by atoms with Gasteiger partial charge in [-0.3, -0.25) is 9.67 Å². The lowest BCUT2D eigenvalue weighted by Gasteiger charge is -2.18. The number of aromatic nitrogens is 3. The number of aryl methyl sites for hydroxylation is 2. The lowest BCUT2D eigenvalue weighted by molar-refractivity contribution is 0.507. The molecule has 19 heavy (non-hydrogen) atoms. The molecule has 4 nitrogen and oxygen atoms in total. The zero-order valence-corrected chi connectivity index (χ0v) is 12.3. The van der Waals surface area contributed by atoms with Gasteiger partial charge in [-0.1, -0.05) is 18.5 Å². The summed E-state index contributed by atoms with van der Waals surface area (Å²) in [5, 5.41) is 8.61. The van der Waals surface area contributed by atoms with Crippen LogP contribution in [0.4, 0.5) is 0 Å². The quantitative estimate of drug-likeness (QED) is 0.914. The van der Waals surface area contributed by atoms with Gasteiger partial charge in [-0.15, -0.1) is 0 Å². The van der Waals surface area contributed by atoms with Crippen molar-refractivity contribution in [2.45, 2.75) is 26.3 Å². The number of likely N-dealkylation sites (N-methyl/N-ethyl adjacent to an activating group) is 1. The molecule has 5 heteroatoms. The van der Waals surface area contributed by atoms with Crippen molar-refractivity contribution in [3.05, 3.63) is 46.5 Å². The zero-order chi connectivity index (χ0) is 13.8. The fourth-order valence-electron chi connectivity index (χ4n) is 2.27. The van der Waals surface area contributed by atoms with E-state index in [4.69, 9.17) is 11.6 Å². The molecular weight excluding hydrogens is 260 g/mol. The van der Waals surface area contributed by atoms with E-state index in [0.29, 0.717) is 5.02 Å². The van der Waals surface area contributed by atoms with Crippen molar-refractivity contribution in [3.63, 3.8) is 0 Å². The normalized spacial score (nSPS) is 12.6. The molecule has 2 rings (SSSR count). The van der Waals surface area contributed by atoms with Crippen LogP contribution >= 0.6 is 11.6 Å². The molecule has 2 heterocycles. The van der Waals surface area contributed by atoms with Gasteiger partial charge in [0.2, 0.25) is 0 Å². The van der Waals surface area contributed by atoms with Crippen molar-refractivity contribution in [2.24, 2.45) is 7.05 Å². The Labute approximate surface area is 118 Å². The van der Waals surface area contributed by atoms with Crippen molar-refractivity contribution < 1.29 is 0 Å². The number of halogens is 1. The Bertz CT molecular complexity index is 550. The molecule has 0 radical (unpaired) electrons. The van der Waals surface area contributed by atoms with Crippen LogP contribution < -0.4 is 5.32 Å². The first kappa shape index (κ1) is 14.0. The lowest BCUT2D eigenvalue weighted by Crippen LogP contribution is -2.25. The smallest absolute Gasteiger partial charge is 0.0622 e. The first-order valence-electron chi connectivity index (χ1n) is 6.44. The second-order valence-corrected chi connectivity index (χ2v) is 5.02. The second kappa shape index (κ2) is 6.17. The second-order valence-electron chi connectivity index (χ2n) is 4.62. The van der Waals surface area contributed by atoms with E-state index in [1.165, 1.54) is 5.69 Å². The van der Waals surface area contributed by atoms with Crippen LogP contribution in [0.2, 0.25) is 5.02 Å². The van der Waals surface area contributed by atoms with Crippen LogP contribution in [-0.4, -0.2) is 21.3 Å². The van der Waals surface area contributed by atoms with Crippen molar-refractivity contribution in [3.8, 4) is 0 Å². The van der Waals surface area contributed by atoms with E-state index in [9.17, 15) is 0 Å². The molecule has 0 spiro atoms. The molecule has 0 aliphatic heterocycles. The highest BCUT2D eigenvalue weighted by Gasteiger charge is 2.17. The number of hydrogen-bond acceptors (Lipinski definition) is 3. The van der Waals surface area contributed by atoms with Gasteiger partial charge in [0.05, 0.1) is 22.5 Å². The Balaban J connectivity index is 2.26. The fraction of sp³-hybridized carbons (Fsp3) is 0.429. The average Bonchev–Trinajstić information content (AvgIpc) is 2.70. The maximum absolute atomic E-state index is 6.19. The Morgan fingerprint density at radius 3 is 2.84 bits per heavy atom. The van der Waals surface area contributed by atoms with E-state index in [0.717, 1.165) is 24.2 Å². The molecule has 0 saturated carbocycles. The molecule has 0 aliphatic rings. The third-order valence-corrected chi connectivity index (χ3v) is 3.47. The minimum atomic E-state index is 0.205. The Hall–Kier alpha value is -1.39. The third kappa shape index (κ3) is 3.33. The van der Waals surface area contributed by atoms with Gasteiger partial charge >= 0.3 is 0 Å². The Morgan fingerprint density at radius 1 is 1.47 bits per heavy atom. The largest absolute Gasteiger partial charge is 0.309 e. The minimum Gasteiger partial charge on any atom is -0.309 e. The molecule has 0 aliphatic carbocycles. The number of rotatable bonds is 5. The highest BCUT2D eigenvalue weighted by atomic mass is 35.5. The summed E-state index contributed by atoms with van der Waals surface area (Å²) in [6.07, 6.45) is 4.29. The van der Waals surface area contributed by atoms with Gasteiger partial charge in [-0.05, 0) is 37.6 Å². The van der Waals surface area contributed by atoms with Gasteiger partial charge in [0.25, 0.3) is 0 Å². The maximum Gasteiger partial charge on any atom is 0.0622 e. The van der Waals surface area contributed by atoms with Crippen molar-refractivity contribution in [1.29, 1.82) is 0 Å². The summed E-state index contributed by atoms with van der Waals surface area (Å²) in [6, 6.07) is 4.29. The van der Waals surface area contributed by atoms with Crippen LogP contribution in [0.5, 0.6) is 0 Å². The molecular formula is C14H19ClN4. The highest BCUT2D eigenvalue weighted by molar-refractivity contribution is 6.31. The van der Waals surface area contributed by atoms with Crippen LogP contribution in [0.25, 0.3) is 0 Å². The molecule has 0 bridgehead atoms. The number of hydrogen-bond donors (Lipinski definition) is 1. The zero-order valence-electron chi connectivity index (χ0n) is 11.5. The third-order valence-electron chi connectivity index (χ3n) is 3.13. The van der Waals surface area contributed by atoms with Crippen LogP contribution in [0.1, 0.15) is 29.9 Å². The maximum atomic E-state index is 6.19. The van der Waals surface area contributed by atoms with Crippen molar-refractivity contribution in [1.82, 2.24) is 20.1 Å². The minimum absolute atomic E-state index is 0.205. The van der Waals surface area contributed by atoms with Crippen LogP contribution in [-0.2, 0) is 13.5 Å². The molecule has 1 atom stereocenters. The summed E-state index contributed by atoms with van der Waals surface area (Å²) in [6.45, 7) is 5.01. The molecule has 1 N–H and O–H groups in total. The van der Waals surface area contributed by atoms with Gasteiger partial charge in [0.1, 0.15) is 0 Å². The molecule has 2 aromatic heterocycles. The van der Waals surface area contributed by atoms with Gasteiger partial charge < -0.3 is 5.32 Å². The molecule has 102 valence electrons. The first-order chi connectivity index (χ1) is 9.11. The molecule has 2 aromatic rings. The summed E-state index contributed by atoms with van der Waals surface area (Å²) < 4.78 is 1.93. The monoisotopic (exact) mass is 278 g/mol. The lowest BCUT2D eigenvalue weighted by atomic mass is 10.0. The summed E-state index contributed by atoms with van der Waals surface area (Å²) in [5.41, 5.74) is 3.30. The van der Waals surface area contributed by atoms with Gasteiger partial charge in [-0.2, -0.15) is 5.10 Å². The van der Waals surface area contributed by atoms with Gasteiger partial charge in [0.15, 0.2) is 0 Å². The number of pyridine rings is 1. The van der Waals surface area contributed by atoms with Gasteiger partial charge in [-0.25, -0.2) is 0 Å². The van der Waals surface area contributed by atoms with Crippen LogP contribution in [0.3, 0.4) is 0 Å². The van der Waals surface area contributed by atoms with E-state index in [1.807, 2.05) is 24.7 Å². The van der Waals surface area contributed by atoms with Crippen molar-refractivity contribution in [2.75, 3.05) is 6.54 Å². The molecule has 0 amide bonds. The molecule has 0 aromatic carbocycles. The topological polar surface area (TPSA) is 42.7 Å². The molecule has 1 unspecified atom stereocenters. The fourth-order valence-corrected chi connectivity index (χ4v) is 2.47. The van der Waals surface area contributed by atoms with E-state index >= 15 is 0 Å². The van der Waals surface area contributed by atoms with E-state index in [-0.39, 0.29) is 6.04 Å². The predicted octanol–water partition coefficient (Wildman–Crippen LogP) is 2.67. The van der Waals surface area contributed by atoms with E-state index in [1.54, 1.807) is 12.4 Å². The first-order valence-corrected chi connectivity index (χ1v) is 6.82.